The fourth-order valence-corrected chi connectivity index (χ4v) is 2.35. The van der Waals surface area contributed by atoms with Gasteiger partial charge in [-0.3, -0.25) is 4.90 Å². The second-order valence-electron chi connectivity index (χ2n) is 4.56. The van der Waals surface area contributed by atoms with Crippen LogP contribution in [0.15, 0.2) is 24.3 Å². The number of hydrogen-bond donors (Lipinski definition) is 2. The highest BCUT2D eigenvalue weighted by molar-refractivity contribution is 5.55. The summed E-state index contributed by atoms with van der Waals surface area (Å²) in [5.41, 5.74) is 2.28. The van der Waals surface area contributed by atoms with Gasteiger partial charge >= 0.3 is 0 Å². The van der Waals surface area contributed by atoms with Crippen molar-refractivity contribution in [3.8, 4) is 11.4 Å². The van der Waals surface area contributed by atoms with Gasteiger partial charge in [0.1, 0.15) is 0 Å². The molecule has 1 fully saturated rings. The smallest absolute Gasteiger partial charge is 0.204 e. The number of likely N-dealkylation sites (N-methyl/N-ethyl adjacent to an activating group) is 1. The minimum absolute atomic E-state index is 0.408. The van der Waals surface area contributed by atoms with E-state index < -0.39 is 0 Å². The average molecular weight is 244 g/mol. The molecule has 0 spiro atoms. The minimum atomic E-state index is 0.408. The molecule has 1 unspecified atom stereocenters. The van der Waals surface area contributed by atoms with Crippen molar-refractivity contribution in [2.75, 3.05) is 26.7 Å². The summed E-state index contributed by atoms with van der Waals surface area (Å²) in [4.78, 5) is 2.37. The van der Waals surface area contributed by atoms with Crippen molar-refractivity contribution >= 4 is 0 Å². The van der Waals surface area contributed by atoms with E-state index in [4.69, 9.17) is 0 Å². The van der Waals surface area contributed by atoms with Crippen LogP contribution in [0.5, 0.6) is 0 Å². The third-order valence-electron chi connectivity index (χ3n) is 3.39. The molecule has 0 radical (unpaired) electrons. The van der Waals surface area contributed by atoms with E-state index in [9.17, 15) is 0 Å². The van der Waals surface area contributed by atoms with Crippen LogP contribution in [0.4, 0.5) is 0 Å². The van der Waals surface area contributed by atoms with Gasteiger partial charge in [-0.1, -0.05) is 18.2 Å². The Morgan fingerprint density at radius 2 is 2.33 bits per heavy atom. The summed E-state index contributed by atoms with van der Waals surface area (Å²) >= 11 is 0. The summed E-state index contributed by atoms with van der Waals surface area (Å²) in [5, 5.41) is 17.5. The molecule has 1 aliphatic rings. The van der Waals surface area contributed by atoms with Crippen LogP contribution in [0.1, 0.15) is 11.6 Å². The fraction of sp³-hybridized carbons (Fsp3) is 0.417. The molecule has 1 aliphatic heterocycles. The number of aromatic amines is 1. The summed E-state index contributed by atoms with van der Waals surface area (Å²) in [6.45, 7) is 3.10. The molecule has 0 aliphatic carbocycles. The summed E-state index contributed by atoms with van der Waals surface area (Å²) in [6, 6.07) is 8.75. The van der Waals surface area contributed by atoms with Crippen LogP contribution < -0.4 is 5.32 Å². The van der Waals surface area contributed by atoms with Crippen molar-refractivity contribution in [2.45, 2.75) is 6.04 Å². The number of hydrogen-bond acceptors (Lipinski definition) is 5. The van der Waals surface area contributed by atoms with Gasteiger partial charge in [0.2, 0.25) is 5.82 Å². The normalized spacial score (nSPS) is 21.1. The molecule has 1 aromatic carbocycles. The van der Waals surface area contributed by atoms with Crippen molar-refractivity contribution in [3.63, 3.8) is 0 Å². The van der Waals surface area contributed by atoms with Gasteiger partial charge in [-0.25, -0.2) is 0 Å². The Morgan fingerprint density at radius 1 is 1.39 bits per heavy atom. The molecule has 2 heterocycles. The molecule has 1 aromatic heterocycles. The van der Waals surface area contributed by atoms with Gasteiger partial charge in [0.15, 0.2) is 0 Å². The van der Waals surface area contributed by atoms with Crippen LogP contribution in [-0.4, -0.2) is 52.2 Å². The van der Waals surface area contributed by atoms with E-state index in [0.717, 1.165) is 25.2 Å². The molecule has 2 aromatic rings. The quantitative estimate of drug-likeness (QED) is 0.802. The van der Waals surface area contributed by atoms with E-state index in [1.165, 1.54) is 5.56 Å². The molecule has 6 nitrogen and oxygen atoms in total. The van der Waals surface area contributed by atoms with Crippen LogP contribution in [0.3, 0.4) is 0 Å². The van der Waals surface area contributed by atoms with Crippen LogP contribution in [-0.2, 0) is 0 Å². The van der Waals surface area contributed by atoms with Crippen LogP contribution >= 0.6 is 0 Å². The van der Waals surface area contributed by atoms with Crippen molar-refractivity contribution in [2.24, 2.45) is 0 Å². The summed E-state index contributed by atoms with van der Waals surface area (Å²) in [6.07, 6.45) is 0. The Kier molecular flexibility index (Phi) is 3.04. The first kappa shape index (κ1) is 11.3. The fourth-order valence-electron chi connectivity index (χ4n) is 2.35. The van der Waals surface area contributed by atoms with Crippen LogP contribution in [0.2, 0.25) is 0 Å². The molecule has 18 heavy (non-hydrogen) atoms. The lowest BCUT2D eigenvalue weighted by Gasteiger charge is -2.33. The molecule has 94 valence electrons. The first-order chi connectivity index (χ1) is 8.84. The number of tetrazole rings is 1. The van der Waals surface area contributed by atoms with E-state index in [0.29, 0.717) is 11.9 Å². The topological polar surface area (TPSA) is 69.7 Å². The number of benzene rings is 1. The number of nitrogens with zero attached hydrogens (tertiary/aromatic N) is 4. The zero-order valence-corrected chi connectivity index (χ0v) is 10.3. The summed E-state index contributed by atoms with van der Waals surface area (Å²) in [7, 11) is 2.16. The standard InChI is InChI=1S/C12H16N6/c1-18-6-5-13-8-11(18)9-3-2-4-10(7-9)12-14-16-17-15-12/h2-4,7,11,13H,5-6,8H2,1H3,(H,14,15,16,17). The van der Waals surface area contributed by atoms with Gasteiger partial charge in [0.05, 0.1) is 0 Å². The summed E-state index contributed by atoms with van der Waals surface area (Å²) < 4.78 is 0. The van der Waals surface area contributed by atoms with E-state index in [2.05, 4.69) is 50.0 Å². The van der Waals surface area contributed by atoms with E-state index in [1.54, 1.807) is 0 Å². The van der Waals surface area contributed by atoms with Gasteiger partial charge < -0.3 is 5.32 Å². The lowest BCUT2D eigenvalue weighted by molar-refractivity contribution is 0.202. The van der Waals surface area contributed by atoms with Gasteiger partial charge in [0.25, 0.3) is 0 Å². The largest absolute Gasteiger partial charge is 0.314 e. The second kappa shape index (κ2) is 4.83. The first-order valence-corrected chi connectivity index (χ1v) is 6.09. The van der Waals surface area contributed by atoms with E-state index in [1.807, 2.05) is 12.1 Å². The molecule has 2 N–H and O–H groups in total. The Labute approximate surface area is 105 Å². The van der Waals surface area contributed by atoms with Crippen molar-refractivity contribution < 1.29 is 0 Å². The molecule has 0 saturated carbocycles. The third-order valence-corrected chi connectivity index (χ3v) is 3.39. The Balaban J connectivity index is 1.91. The Bertz CT molecular complexity index is 509. The maximum Gasteiger partial charge on any atom is 0.204 e. The highest BCUT2D eigenvalue weighted by atomic mass is 15.5. The van der Waals surface area contributed by atoms with E-state index >= 15 is 0 Å². The predicted octanol–water partition coefficient (Wildman–Crippen LogP) is 0.443. The molecule has 0 amide bonds. The zero-order chi connectivity index (χ0) is 12.4. The highest BCUT2D eigenvalue weighted by Crippen LogP contribution is 2.24. The van der Waals surface area contributed by atoms with Gasteiger partial charge in [-0.05, 0) is 23.9 Å². The third kappa shape index (κ3) is 2.12. The Hall–Kier alpha value is -1.79. The maximum atomic E-state index is 4.02. The lowest BCUT2D eigenvalue weighted by Crippen LogP contribution is -2.43. The van der Waals surface area contributed by atoms with Crippen molar-refractivity contribution in [1.29, 1.82) is 0 Å². The van der Waals surface area contributed by atoms with Crippen LogP contribution in [0.25, 0.3) is 11.4 Å². The number of rotatable bonds is 2. The molecule has 1 saturated heterocycles. The SMILES string of the molecule is CN1CCNCC1c1cccc(-c2nn[nH]n2)c1. The van der Waals surface area contributed by atoms with Crippen LogP contribution in [0, 0.1) is 0 Å². The van der Waals surface area contributed by atoms with Gasteiger partial charge in [-0.2, -0.15) is 5.21 Å². The average Bonchev–Trinajstić information content (AvgIpc) is 2.93. The number of piperazine rings is 1. The van der Waals surface area contributed by atoms with Gasteiger partial charge in [0, 0.05) is 31.2 Å². The Morgan fingerprint density at radius 3 is 3.11 bits per heavy atom. The summed E-state index contributed by atoms with van der Waals surface area (Å²) in [5.74, 6) is 0.642. The predicted molar refractivity (Wildman–Crippen MR) is 67.9 cm³/mol. The van der Waals surface area contributed by atoms with Crippen molar-refractivity contribution in [3.05, 3.63) is 29.8 Å². The number of H-pyrrole nitrogens is 1. The molecule has 6 heteroatoms. The first-order valence-electron chi connectivity index (χ1n) is 6.09. The van der Waals surface area contributed by atoms with E-state index in [-0.39, 0.29) is 0 Å². The monoisotopic (exact) mass is 244 g/mol. The molecule has 0 bridgehead atoms. The van der Waals surface area contributed by atoms with Gasteiger partial charge in [-0.15, -0.1) is 10.2 Å². The lowest BCUT2D eigenvalue weighted by atomic mass is 10.0. The second-order valence-corrected chi connectivity index (χ2v) is 4.56. The highest BCUT2D eigenvalue weighted by Gasteiger charge is 2.20. The zero-order valence-electron chi connectivity index (χ0n) is 10.3. The minimum Gasteiger partial charge on any atom is -0.314 e. The molecular formula is C12H16N6. The van der Waals surface area contributed by atoms with Crippen molar-refractivity contribution in [1.82, 2.24) is 30.8 Å². The number of nitrogens with one attached hydrogen (secondary N) is 2. The molecular weight excluding hydrogens is 228 g/mol. The molecule has 1 atom stereocenters. The molecule has 3 rings (SSSR count). The maximum absolute atomic E-state index is 4.02. The number of aromatic nitrogens is 4.